The Kier molecular flexibility index (Phi) is 7.04. The Morgan fingerprint density at radius 3 is 2.58 bits per heavy atom. The largest absolute Gasteiger partial charge is 0.497 e. The second kappa shape index (κ2) is 10.5. The maximum Gasteiger partial charge on any atom is 0.254 e. The zero-order chi connectivity index (χ0) is 23.0. The Bertz CT molecular complexity index is 1090. The lowest BCUT2D eigenvalue weighted by Gasteiger charge is -2.23. The highest BCUT2D eigenvalue weighted by atomic mass is 16.6. The topological polar surface area (TPSA) is 93.4 Å². The Morgan fingerprint density at radius 2 is 1.88 bits per heavy atom. The SMILES string of the molecule is COc1ccc(CO/N=C2\C[C@@H](C(=O)NCc3ccco3)N(C(=O)c3ccccc3)C2)cc1. The van der Waals surface area contributed by atoms with Crippen molar-refractivity contribution < 1.29 is 23.6 Å². The zero-order valence-electron chi connectivity index (χ0n) is 18.3. The van der Waals surface area contributed by atoms with E-state index in [4.69, 9.17) is 14.0 Å². The molecule has 0 aliphatic carbocycles. The van der Waals surface area contributed by atoms with Gasteiger partial charge in [0.05, 0.1) is 32.2 Å². The van der Waals surface area contributed by atoms with Crippen molar-refractivity contribution in [3.63, 3.8) is 0 Å². The summed E-state index contributed by atoms with van der Waals surface area (Å²) in [6.07, 6.45) is 1.85. The summed E-state index contributed by atoms with van der Waals surface area (Å²) >= 11 is 0. The maximum atomic E-state index is 13.1. The molecule has 1 aliphatic heterocycles. The van der Waals surface area contributed by atoms with E-state index >= 15 is 0 Å². The van der Waals surface area contributed by atoms with E-state index in [1.165, 1.54) is 4.90 Å². The summed E-state index contributed by atoms with van der Waals surface area (Å²) < 4.78 is 10.4. The number of oxime groups is 1. The van der Waals surface area contributed by atoms with Gasteiger partial charge in [0.2, 0.25) is 5.91 Å². The average Bonchev–Trinajstić information content (AvgIpc) is 3.53. The number of hydrogen-bond acceptors (Lipinski definition) is 6. The Balaban J connectivity index is 1.44. The fraction of sp³-hybridized carbons (Fsp3) is 0.240. The van der Waals surface area contributed by atoms with E-state index < -0.39 is 6.04 Å². The molecule has 2 amide bonds. The van der Waals surface area contributed by atoms with Gasteiger partial charge in [0.25, 0.3) is 5.91 Å². The molecule has 1 fully saturated rings. The van der Waals surface area contributed by atoms with Crippen LogP contribution in [0.25, 0.3) is 0 Å². The number of likely N-dealkylation sites (tertiary alicyclic amines) is 1. The van der Waals surface area contributed by atoms with E-state index in [1.54, 1.807) is 49.8 Å². The molecule has 1 atom stereocenters. The highest BCUT2D eigenvalue weighted by Crippen LogP contribution is 2.20. The van der Waals surface area contributed by atoms with Gasteiger partial charge in [-0.25, -0.2) is 0 Å². The highest BCUT2D eigenvalue weighted by molar-refractivity contribution is 6.05. The van der Waals surface area contributed by atoms with Crippen molar-refractivity contribution in [1.82, 2.24) is 10.2 Å². The summed E-state index contributed by atoms with van der Waals surface area (Å²) in [6.45, 7) is 0.737. The first kappa shape index (κ1) is 22.1. The second-order valence-corrected chi connectivity index (χ2v) is 7.60. The smallest absolute Gasteiger partial charge is 0.254 e. The highest BCUT2D eigenvalue weighted by Gasteiger charge is 2.38. The van der Waals surface area contributed by atoms with Crippen LogP contribution in [0.15, 0.2) is 82.6 Å². The van der Waals surface area contributed by atoms with E-state index in [2.05, 4.69) is 10.5 Å². The lowest BCUT2D eigenvalue weighted by molar-refractivity contribution is -0.125. The number of nitrogens with zero attached hydrogens (tertiary/aromatic N) is 2. The van der Waals surface area contributed by atoms with E-state index in [-0.39, 0.29) is 31.5 Å². The van der Waals surface area contributed by atoms with Gasteiger partial charge in [-0.3, -0.25) is 9.59 Å². The molecule has 0 spiro atoms. The van der Waals surface area contributed by atoms with Crippen molar-refractivity contribution in [3.05, 3.63) is 89.9 Å². The lowest BCUT2D eigenvalue weighted by atomic mass is 10.1. The minimum Gasteiger partial charge on any atom is -0.497 e. The Hall–Kier alpha value is -4.07. The second-order valence-electron chi connectivity index (χ2n) is 7.60. The molecule has 1 saturated heterocycles. The molecule has 3 aromatic rings. The third-order valence-electron chi connectivity index (χ3n) is 5.34. The molecule has 1 N–H and O–H groups in total. The quantitative estimate of drug-likeness (QED) is 0.535. The molecule has 33 heavy (non-hydrogen) atoms. The number of furan rings is 1. The van der Waals surface area contributed by atoms with Crippen LogP contribution in [0.4, 0.5) is 0 Å². The van der Waals surface area contributed by atoms with E-state index in [9.17, 15) is 9.59 Å². The number of methoxy groups -OCH3 is 1. The lowest BCUT2D eigenvalue weighted by Crippen LogP contribution is -2.45. The summed E-state index contributed by atoms with van der Waals surface area (Å²) in [5, 5.41) is 7.07. The van der Waals surface area contributed by atoms with Crippen molar-refractivity contribution in [1.29, 1.82) is 0 Å². The van der Waals surface area contributed by atoms with Crippen molar-refractivity contribution >= 4 is 17.5 Å². The molecule has 8 nitrogen and oxygen atoms in total. The molecule has 4 rings (SSSR count). The molecule has 170 valence electrons. The molecule has 1 aromatic heterocycles. The molecule has 0 saturated carbocycles. The minimum absolute atomic E-state index is 0.217. The summed E-state index contributed by atoms with van der Waals surface area (Å²) in [7, 11) is 1.61. The van der Waals surface area contributed by atoms with Crippen molar-refractivity contribution in [2.45, 2.75) is 25.6 Å². The molecule has 0 unspecified atom stereocenters. The average molecular weight is 447 g/mol. The summed E-state index contributed by atoms with van der Waals surface area (Å²) in [5.74, 6) is 0.906. The van der Waals surface area contributed by atoms with E-state index in [0.29, 0.717) is 23.5 Å². The van der Waals surface area contributed by atoms with Crippen LogP contribution in [0.2, 0.25) is 0 Å². The first-order chi connectivity index (χ1) is 16.1. The number of carbonyl (C=O) groups excluding carboxylic acids is 2. The van der Waals surface area contributed by atoms with Gasteiger partial charge < -0.3 is 24.2 Å². The number of ether oxygens (including phenoxy) is 1. The molecule has 1 aliphatic rings. The summed E-state index contributed by atoms with van der Waals surface area (Å²) in [6, 6.07) is 19.2. The van der Waals surface area contributed by atoms with E-state index in [1.807, 2.05) is 30.3 Å². The third-order valence-corrected chi connectivity index (χ3v) is 5.34. The molecular weight excluding hydrogens is 422 g/mol. The van der Waals surface area contributed by atoms with Crippen LogP contribution in [0, 0.1) is 0 Å². The van der Waals surface area contributed by atoms with Crippen LogP contribution >= 0.6 is 0 Å². The first-order valence-electron chi connectivity index (χ1n) is 10.6. The van der Waals surface area contributed by atoms with Crippen molar-refractivity contribution in [2.75, 3.05) is 13.7 Å². The normalized spacial score (nSPS) is 16.6. The molecule has 0 bridgehead atoms. The summed E-state index contributed by atoms with van der Waals surface area (Å²) in [4.78, 5) is 33.1. The van der Waals surface area contributed by atoms with Gasteiger partial charge >= 0.3 is 0 Å². The van der Waals surface area contributed by atoms with E-state index in [0.717, 1.165) is 11.3 Å². The standard InChI is InChI=1S/C25H25N3O5/c1-31-21-11-9-18(10-12-21)17-33-27-20-14-23(24(29)26-15-22-8-5-13-32-22)28(16-20)25(30)19-6-3-2-4-7-19/h2-13,23H,14-17H2,1H3,(H,26,29)/b27-20+/t23-/m0/s1. The van der Waals surface area contributed by atoms with Crippen LogP contribution in [-0.2, 0) is 22.8 Å². The van der Waals surface area contributed by atoms with Gasteiger partial charge in [0.1, 0.15) is 24.2 Å². The molecule has 8 heteroatoms. The van der Waals surface area contributed by atoms with Gasteiger partial charge in [-0.15, -0.1) is 0 Å². The fourth-order valence-electron chi connectivity index (χ4n) is 3.59. The van der Waals surface area contributed by atoms with Crippen LogP contribution in [0.5, 0.6) is 5.75 Å². The van der Waals surface area contributed by atoms with Gasteiger partial charge in [0, 0.05) is 12.0 Å². The van der Waals surface area contributed by atoms with Crippen molar-refractivity contribution in [3.8, 4) is 5.75 Å². The van der Waals surface area contributed by atoms with Gasteiger partial charge in [-0.1, -0.05) is 35.5 Å². The van der Waals surface area contributed by atoms with Crippen LogP contribution in [0.1, 0.15) is 28.1 Å². The monoisotopic (exact) mass is 447 g/mol. The minimum atomic E-state index is -0.684. The Morgan fingerprint density at radius 1 is 1.09 bits per heavy atom. The van der Waals surface area contributed by atoms with Crippen LogP contribution in [-0.4, -0.2) is 42.1 Å². The van der Waals surface area contributed by atoms with Gasteiger partial charge in [0.15, 0.2) is 0 Å². The van der Waals surface area contributed by atoms with Gasteiger partial charge in [-0.2, -0.15) is 0 Å². The Labute approximate surface area is 191 Å². The predicted molar refractivity (Wildman–Crippen MR) is 122 cm³/mol. The number of rotatable bonds is 8. The summed E-state index contributed by atoms with van der Waals surface area (Å²) in [5.41, 5.74) is 2.08. The number of carbonyl (C=O) groups is 2. The fourth-order valence-corrected chi connectivity index (χ4v) is 3.59. The van der Waals surface area contributed by atoms with Crippen LogP contribution in [0.3, 0.4) is 0 Å². The molecule has 2 aromatic carbocycles. The molecular formula is C25H25N3O5. The molecule has 0 radical (unpaired) electrons. The number of hydrogen-bond donors (Lipinski definition) is 1. The number of nitrogens with one attached hydrogen (secondary N) is 1. The predicted octanol–water partition coefficient (Wildman–Crippen LogP) is 3.39. The van der Waals surface area contributed by atoms with Gasteiger partial charge in [-0.05, 0) is 42.0 Å². The van der Waals surface area contributed by atoms with Crippen molar-refractivity contribution in [2.24, 2.45) is 5.16 Å². The zero-order valence-corrected chi connectivity index (χ0v) is 18.3. The number of amides is 2. The third kappa shape index (κ3) is 5.60. The first-order valence-corrected chi connectivity index (χ1v) is 10.6. The number of benzene rings is 2. The molecule has 2 heterocycles. The van der Waals surface area contributed by atoms with Crippen LogP contribution < -0.4 is 10.1 Å². The maximum absolute atomic E-state index is 13.1.